The first-order chi connectivity index (χ1) is 58.3. The molecule has 8 aromatic heterocycles. The van der Waals surface area contributed by atoms with Crippen molar-refractivity contribution in [1.29, 1.82) is 0 Å². The van der Waals surface area contributed by atoms with Crippen LogP contribution in [0.1, 0.15) is 36.0 Å². The number of ether oxygens (including phenoxy) is 4. The van der Waals surface area contributed by atoms with Gasteiger partial charge in [-0.15, -0.1) is 0 Å². The van der Waals surface area contributed by atoms with Crippen molar-refractivity contribution >= 4 is 161 Å². The van der Waals surface area contributed by atoms with Crippen molar-refractivity contribution in [2.75, 3.05) is 153 Å². The molecule has 4 saturated heterocycles. The van der Waals surface area contributed by atoms with E-state index < -0.39 is 41.7 Å². The lowest BCUT2D eigenvalue weighted by molar-refractivity contribution is 0.0364. The summed E-state index contributed by atoms with van der Waals surface area (Å²) in [4.78, 5) is 103. The maximum Gasteiger partial charge on any atom is 0.278 e. The highest BCUT2D eigenvalue weighted by Gasteiger charge is 2.20. The number of rotatable bonds is 24. The van der Waals surface area contributed by atoms with Crippen molar-refractivity contribution in [2.24, 2.45) is 0 Å². The molecule has 4 aromatic carbocycles. The zero-order valence-corrected chi connectivity index (χ0v) is 65.6. The Kier molecular flexibility index (Phi) is 24.3. The van der Waals surface area contributed by atoms with Crippen LogP contribution in [-0.4, -0.2) is 229 Å². The van der Waals surface area contributed by atoms with Crippen LogP contribution in [0.25, 0.3) is 44.7 Å². The van der Waals surface area contributed by atoms with E-state index in [0.717, 1.165) is 43.9 Å². The Hall–Kier alpha value is -8.52. The Morgan fingerprint density at radius 2 is 0.732 bits per heavy atom. The van der Waals surface area contributed by atoms with Gasteiger partial charge in [-0.2, -0.15) is 19.9 Å². The number of aryl methyl sites for hydroxylation is 1. The molecule has 0 atom stereocenters. The van der Waals surface area contributed by atoms with Gasteiger partial charge in [0.1, 0.15) is 1.37 Å². The van der Waals surface area contributed by atoms with E-state index in [9.17, 15) is 19.2 Å². The Balaban J connectivity index is 0.000000140. The van der Waals surface area contributed by atoms with Crippen LogP contribution < -0.4 is 43.5 Å². The Labute approximate surface area is 694 Å². The zero-order valence-electron chi connectivity index (χ0n) is 69.6. The SMILES string of the molecule is [2H]C([2H])(CN1CCOCC1)n1cnc2nc(NCc3ccc(Cl)c(Cl)c3)[nH]c(=O)c21.[2H]C([2H])(Cn1cnc2nc(NCc3ccc(Cl)c(Cl)c3)[nH]c(=O)c21)N1CCOCC1.[2H]C([2H])(Nc1nc2ncn(CCN3CCOCC3)c2c(=O)[nH]1)c1ccc(Cl)c(Cl)c1.[2H]c1c([2H])c(CNc2nc3nc([2H])n(CCN4CCOCC4)c3c(=O)[nH]2)c([2H])c(Cl)c1Cl. The highest BCUT2D eigenvalue weighted by Crippen LogP contribution is 2.27. The molecule has 0 amide bonds. The summed E-state index contributed by atoms with van der Waals surface area (Å²) >= 11 is 47.6. The average molecular weight is 1700 g/mol. The van der Waals surface area contributed by atoms with Crippen LogP contribution in [0, 0.1) is 0 Å². The number of fused-ring (bicyclic) bond motifs is 4. The van der Waals surface area contributed by atoms with Crippen molar-refractivity contribution in [3.05, 3.63) is 202 Å². The summed E-state index contributed by atoms with van der Waals surface area (Å²) in [6.07, 6.45) is 4.27. The fourth-order valence-electron chi connectivity index (χ4n) is 11.7. The van der Waals surface area contributed by atoms with E-state index in [1.807, 2.05) is 17.0 Å². The Bertz CT molecular complexity index is 5970. The van der Waals surface area contributed by atoms with Gasteiger partial charge in [-0.25, -0.2) is 19.9 Å². The summed E-state index contributed by atoms with van der Waals surface area (Å²) in [5, 5.41) is 13.6. The summed E-state index contributed by atoms with van der Waals surface area (Å²) in [7, 11) is 0. The molecule has 8 N–H and O–H groups in total. The molecule has 0 radical (unpaired) electrons. The number of benzene rings is 4. The first-order valence-electron chi connectivity index (χ1n) is 40.1. The van der Waals surface area contributed by atoms with E-state index in [2.05, 4.69) is 90.9 Å². The molecule has 592 valence electrons. The zero-order chi connectivity index (χ0) is 86.9. The number of nitrogens with one attached hydrogen (secondary N) is 8. The summed E-state index contributed by atoms with van der Waals surface area (Å²) in [5.41, 5.74) is 2.05. The predicted molar refractivity (Wildman–Crippen MR) is 437 cm³/mol. The number of nitrogens with zero attached hydrogens (tertiary/aromatic N) is 16. The standard InChI is InChI=1S/4C18H20Cl2N6O2/c4*19-13-2-1-12(9-14(13)20)10-21-18-23-16-15(17(27)24-18)26(11-22-16)4-3-25-5-7-28-8-6-25/h4*1-2,9,11H,3-8,10H2,(H2,21,23,24,27)/i1D,2D,9D,11D;10D2;4D2;3D2. The lowest BCUT2D eigenvalue weighted by Crippen LogP contribution is -2.38. The molecule has 40 heteroatoms. The fraction of sp³-hybridized carbons (Fsp3) is 0.389. The van der Waals surface area contributed by atoms with Crippen LogP contribution in [0.3, 0.4) is 0 Å². The minimum absolute atomic E-state index is 0.0259. The monoisotopic (exact) mass is 1700 g/mol. The molecule has 0 spiro atoms. The van der Waals surface area contributed by atoms with E-state index in [4.69, 9.17) is 125 Å². The lowest BCUT2D eigenvalue weighted by atomic mass is 10.2. The highest BCUT2D eigenvalue weighted by molar-refractivity contribution is 6.43. The number of hydrogen-bond donors (Lipinski definition) is 8. The third-order valence-electron chi connectivity index (χ3n) is 17.7. The Morgan fingerprint density at radius 3 is 1.20 bits per heavy atom. The number of aromatic amines is 4. The minimum atomic E-state index is -2.04. The molecular weight excluding hydrogens is 1610 g/mol. The van der Waals surface area contributed by atoms with Crippen LogP contribution in [-0.2, 0) is 71.2 Å². The number of aromatic nitrogens is 16. The number of morpholine rings is 4. The summed E-state index contributed by atoms with van der Waals surface area (Å²) < 4.78 is 110. The van der Waals surface area contributed by atoms with Crippen LogP contribution in [0.2, 0.25) is 40.2 Å². The van der Waals surface area contributed by atoms with Gasteiger partial charge in [-0.1, -0.05) is 117 Å². The number of halogens is 8. The van der Waals surface area contributed by atoms with E-state index >= 15 is 0 Å². The van der Waals surface area contributed by atoms with Crippen LogP contribution in [0.5, 0.6) is 0 Å². The van der Waals surface area contributed by atoms with Crippen molar-refractivity contribution in [1.82, 2.24) is 97.7 Å². The number of hydrogen-bond acceptors (Lipinski definition) is 24. The van der Waals surface area contributed by atoms with Crippen LogP contribution >= 0.6 is 92.8 Å². The van der Waals surface area contributed by atoms with Crippen LogP contribution in [0.15, 0.2) is 117 Å². The number of imidazole rings is 4. The van der Waals surface area contributed by atoms with Gasteiger partial charge in [0.25, 0.3) is 22.2 Å². The topological polar surface area (TPSA) is 352 Å². The number of H-pyrrole nitrogens is 4. The maximum absolute atomic E-state index is 12.7. The van der Waals surface area contributed by atoms with Gasteiger partial charge < -0.3 is 58.5 Å². The average Bonchev–Trinajstić information content (AvgIpc) is 0.905. The third-order valence-corrected chi connectivity index (χ3v) is 20.6. The normalized spacial score (nSPS) is 16.9. The first-order valence-corrected chi connectivity index (χ1v) is 38.2. The van der Waals surface area contributed by atoms with Crippen molar-refractivity contribution < 1.29 is 32.7 Å². The van der Waals surface area contributed by atoms with Crippen molar-refractivity contribution in [3.63, 3.8) is 0 Å². The van der Waals surface area contributed by atoms with E-state index in [-0.39, 0.29) is 133 Å². The molecule has 12 aromatic rings. The quantitative estimate of drug-likeness (QED) is 0.0279. The first kappa shape index (κ1) is 69.0. The van der Waals surface area contributed by atoms with E-state index in [0.29, 0.717) is 142 Å². The smallest absolute Gasteiger partial charge is 0.278 e. The second-order valence-electron chi connectivity index (χ2n) is 25.3. The van der Waals surface area contributed by atoms with Gasteiger partial charge >= 0.3 is 0 Å². The summed E-state index contributed by atoms with van der Waals surface area (Å²) in [5.74, 6) is 0.538. The van der Waals surface area contributed by atoms with Crippen molar-refractivity contribution in [2.45, 2.75) is 52.3 Å². The fourth-order valence-corrected chi connectivity index (χ4v) is 12.9. The van der Waals surface area contributed by atoms with Crippen LogP contribution in [0.4, 0.5) is 23.8 Å². The molecule has 32 nitrogen and oxygen atoms in total. The molecule has 0 saturated carbocycles. The molecule has 4 aliphatic heterocycles. The number of anilines is 4. The Morgan fingerprint density at radius 1 is 0.366 bits per heavy atom. The third kappa shape index (κ3) is 22.1. The van der Waals surface area contributed by atoms with Gasteiger partial charge in [0, 0.05) is 133 Å². The molecule has 16 rings (SSSR count). The van der Waals surface area contributed by atoms with Gasteiger partial charge in [-0.3, -0.25) is 58.7 Å². The molecule has 12 heterocycles. The van der Waals surface area contributed by atoms with Gasteiger partial charge in [0.2, 0.25) is 23.8 Å². The predicted octanol–water partition coefficient (Wildman–Crippen LogP) is 9.48. The molecule has 4 fully saturated rings. The molecule has 0 unspecified atom stereocenters. The molecule has 112 heavy (non-hydrogen) atoms. The summed E-state index contributed by atoms with van der Waals surface area (Å²) in [6, 6.07) is 14.2. The molecule has 0 aliphatic carbocycles. The maximum atomic E-state index is 12.7. The summed E-state index contributed by atoms with van der Waals surface area (Å²) in [6.45, 7) is 8.14. The largest absolute Gasteiger partial charge is 0.379 e. The van der Waals surface area contributed by atoms with Gasteiger partial charge in [-0.05, 0) is 70.7 Å². The van der Waals surface area contributed by atoms with Crippen molar-refractivity contribution in [3.8, 4) is 0 Å². The molecule has 0 bridgehead atoms. The van der Waals surface area contributed by atoms with E-state index in [1.54, 1.807) is 40.1 Å². The highest BCUT2D eigenvalue weighted by atomic mass is 35.5. The molecule has 4 aliphatic rings. The second-order valence-corrected chi connectivity index (χ2v) is 28.5. The van der Waals surface area contributed by atoms with Gasteiger partial charge in [0.05, 0.1) is 128 Å². The minimum Gasteiger partial charge on any atom is -0.379 e. The van der Waals surface area contributed by atoms with E-state index in [1.165, 1.54) is 44.6 Å². The second kappa shape index (κ2) is 39.5. The molecular formula is C72H80Cl8N24O8. The lowest BCUT2D eigenvalue weighted by Gasteiger charge is -2.26. The van der Waals surface area contributed by atoms with Gasteiger partial charge in [0.15, 0.2) is 44.7 Å².